The Labute approximate surface area is 122 Å². The van der Waals surface area contributed by atoms with Crippen molar-refractivity contribution in [2.75, 3.05) is 6.54 Å². The molecule has 2 N–H and O–H groups in total. The second-order valence-corrected chi connectivity index (χ2v) is 6.11. The Morgan fingerprint density at radius 1 is 1.15 bits per heavy atom. The van der Waals surface area contributed by atoms with Crippen molar-refractivity contribution in [2.45, 2.75) is 45.7 Å². The monoisotopic (exact) mass is 274 g/mol. The van der Waals surface area contributed by atoms with Crippen molar-refractivity contribution in [1.82, 2.24) is 10.6 Å². The molecule has 0 saturated heterocycles. The lowest BCUT2D eigenvalue weighted by Gasteiger charge is -2.32. The topological polar surface area (TPSA) is 41.1 Å². The third-order valence-electron chi connectivity index (χ3n) is 4.48. The fraction of sp³-hybridized carbons (Fsp3) is 0.588. The molecule has 1 aromatic carbocycles. The maximum absolute atomic E-state index is 11.8. The van der Waals surface area contributed by atoms with Crippen molar-refractivity contribution >= 4 is 5.91 Å². The van der Waals surface area contributed by atoms with E-state index >= 15 is 0 Å². The third-order valence-corrected chi connectivity index (χ3v) is 4.48. The minimum atomic E-state index is 0.0835. The molecule has 0 spiro atoms. The molecule has 1 aliphatic carbocycles. The van der Waals surface area contributed by atoms with Gasteiger partial charge in [0, 0.05) is 12.6 Å². The highest BCUT2D eigenvalue weighted by Crippen LogP contribution is 2.29. The highest BCUT2D eigenvalue weighted by Gasteiger charge is 2.24. The Bertz CT molecular complexity index is 418. The molecule has 0 bridgehead atoms. The van der Waals surface area contributed by atoms with Gasteiger partial charge in [0.05, 0.1) is 6.54 Å². The van der Waals surface area contributed by atoms with E-state index in [1.54, 1.807) is 0 Å². The van der Waals surface area contributed by atoms with Gasteiger partial charge in [-0.25, -0.2) is 0 Å². The van der Waals surface area contributed by atoms with Crippen LogP contribution in [-0.4, -0.2) is 18.5 Å². The van der Waals surface area contributed by atoms with E-state index < -0.39 is 0 Å². The minimum Gasteiger partial charge on any atom is -0.351 e. The van der Waals surface area contributed by atoms with Crippen molar-refractivity contribution in [3.05, 3.63) is 35.9 Å². The van der Waals surface area contributed by atoms with Gasteiger partial charge in [-0.3, -0.25) is 4.79 Å². The molecule has 0 heterocycles. The van der Waals surface area contributed by atoms with E-state index in [9.17, 15) is 4.79 Å². The summed E-state index contributed by atoms with van der Waals surface area (Å²) in [5.74, 6) is 1.66. The van der Waals surface area contributed by atoms with Gasteiger partial charge in [0.1, 0.15) is 0 Å². The van der Waals surface area contributed by atoms with Crippen molar-refractivity contribution in [3.8, 4) is 0 Å². The Morgan fingerprint density at radius 3 is 2.60 bits per heavy atom. The summed E-state index contributed by atoms with van der Waals surface area (Å²) >= 11 is 0. The van der Waals surface area contributed by atoms with Crippen LogP contribution in [0.25, 0.3) is 0 Å². The predicted octanol–water partition coefficient (Wildman–Crippen LogP) is 2.72. The molecule has 0 aliphatic heterocycles. The van der Waals surface area contributed by atoms with Crippen LogP contribution in [0.1, 0.15) is 38.7 Å². The molecule has 110 valence electrons. The summed E-state index contributed by atoms with van der Waals surface area (Å²) < 4.78 is 0. The van der Waals surface area contributed by atoms with Gasteiger partial charge in [-0.2, -0.15) is 0 Å². The smallest absolute Gasteiger partial charge is 0.234 e. The highest BCUT2D eigenvalue weighted by atomic mass is 16.1. The third kappa shape index (κ3) is 4.64. The normalized spacial score (nSPS) is 26.2. The molecule has 1 amide bonds. The van der Waals surface area contributed by atoms with Crippen LogP contribution in [-0.2, 0) is 11.3 Å². The lowest BCUT2D eigenvalue weighted by molar-refractivity contribution is -0.120. The van der Waals surface area contributed by atoms with E-state index in [4.69, 9.17) is 0 Å². The molecule has 1 aromatic rings. The van der Waals surface area contributed by atoms with Crippen LogP contribution in [0.4, 0.5) is 0 Å². The van der Waals surface area contributed by atoms with Crippen molar-refractivity contribution in [3.63, 3.8) is 0 Å². The Hall–Kier alpha value is -1.35. The summed E-state index contributed by atoms with van der Waals surface area (Å²) in [6.07, 6.45) is 3.65. The first-order valence-electron chi connectivity index (χ1n) is 7.69. The van der Waals surface area contributed by atoms with E-state index in [1.807, 2.05) is 30.3 Å². The summed E-state index contributed by atoms with van der Waals surface area (Å²) in [5, 5.41) is 6.35. The Kier molecular flexibility index (Phi) is 5.60. The number of rotatable bonds is 5. The predicted molar refractivity (Wildman–Crippen MR) is 82.3 cm³/mol. The van der Waals surface area contributed by atoms with Crippen LogP contribution in [0.15, 0.2) is 30.3 Å². The number of hydrogen-bond donors (Lipinski definition) is 2. The van der Waals surface area contributed by atoms with E-state index in [0.717, 1.165) is 17.4 Å². The van der Waals surface area contributed by atoms with Gasteiger partial charge < -0.3 is 10.6 Å². The SMILES string of the molecule is CC1CCC(NCC(=O)NCc2ccccc2)CC1C. The van der Waals surface area contributed by atoms with E-state index in [0.29, 0.717) is 19.1 Å². The largest absolute Gasteiger partial charge is 0.351 e. The highest BCUT2D eigenvalue weighted by molar-refractivity contribution is 5.78. The number of benzene rings is 1. The van der Waals surface area contributed by atoms with Gasteiger partial charge >= 0.3 is 0 Å². The molecule has 0 radical (unpaired) electrons. The molecule has 3 atom stereocenters. The molecule has 3 nitrogen and oxygen atoms in total. The van der Waals surface area contributed by atoms with Gasteiger partial charge in [0.25, 0.3) is 0 Å². The number of amides is 1. The zero-order valence-electron chi connectivity index (χ0n) is 12.6. The summed E-state index contributed by atoms with van der Waals surface area (Å²) in [5.41, 5.74) is 1.14. The lowest BCUT2D eigenvalue weighted by atomic mass is 9.79. The number of carbonyl (C=O) groups is 1. The fourth-order valence-corrected chi connectivity index (χ4v) is 2.83. The van der Waals surface area contributed by atoms with E-state index in [-0.39, 0.29) is 5.91 Å². The van der Waals surface area contributed by atoms with Crippen molar-refractivity contribution < 1.29 is 4.79 Å². The lowest BCUT2D eigenvalue weighted by Crippen LogP contribution is -2.42. The Balaban J connectivity index is 1.65. The average Bonchev–Trinajstić information content (AvgIpc) is 2.47. The maximum atomic E-state index is 11.8. The van der Waals surface area contributed by atoms with Crippen molar-refractivity contribution in [2.24, 2.45) is 11.8 Å². The van der Waals surface area contributed by atoms with Crippen LogP contribution >= 0.6 is 0 Å². The molecular formula is C17H26N2O. The molecule has 20 heavy (non-hydrogen) atoms. The first kappa shape index (κ1) is 15.0. The summed E-state index contributed by atoms with van der Waals surface area (Å²) in [6.45, 7) is 5.68. The zero-order chi connectivity index (χ0) is 14.4. The van der Waals surface area contributed by atoms with E-state index in [1.165, 1.54) is 19.3 Å². The summed E-state index contributed by atoms with van der Waals surface area (Å²) in [7, 11) is 0. The number of nitrogens with one attached hydrogen (secondary N) is 2. The number of carbonyl (C=O) groups excluding carboxylic acids is 1. The fourth-order valence-electron chi connectivity index (χ4n) is 2.83. The molecule has 1 saturated carbocycles. The standard InChI is InChI=1S/C17H26N2O/c1-13-8-9-16(10-14(13)2)18-12-17(20)19-11-15-6-4-3-5-7-15/h3-7,13-14,16,18H,8-12H2,1-2H3,(H,19,20). The second-order valence-electron chi connectivity index (χ2n) is 6.11. The molecule has 2 rings (SSSR count). The zero-order valence-corrected chi connectivity index (χ0v) is 12.6. The quantitative estimate of drug-likeness (QED) is 0.867. The van der Waals surface area contributed by atoms with Crippen LogP contribution in [0.5, 0.6) is 0 Å². The van der Waals surface area contributed by atoms with Crippen LogP contribution in [0, 0.1) is 11.8 Å². The number of hydrogen-bond acceptors (Lipinski definition) is 2. The summed E-state index contributed by atoms with van der Waals surface area (Å²) in [4.78, 5) is 11.8. The van der Waals surface area contributed by atoms with Crippen LogP contribution < -0.4 is 10.6 Å². The van der Waals surface area contributed by atoms with Gasteiger partial charge in [0.2, 0.25) is 5.91 Å². The second kappa shape index (κ2) is 7.44. The van der Waals surface area contributed by atoms with Crippen molar-refractivity contribution in [1.29, 1.82) is 0 Å². The molecule has 1 aliphatic rings. The Morgan fingerprint density at radius 2 is 1.90 bits per heavy atom. The van der Waals surface area contributed by atoms with E-state index in [2.05, 4.69) is 24.5 Å². The molecule has 3 unspecified atom stereocenters. The maximum Gasteiger partial charge on any atom is 0.234 e. The molecule has 3 heteroatoms. The van der Waals surface area contributed by atoms with Crippen LogP contribution in [0.2, 0.25) is 0 Å². The molecular weight excluding hydrogens is 248 g/mol. The van der Waals surface area contributed by atoms with Gasteiger partial charge in [-0.05, 0) is 36.7 Å². The average molecular weight is 274 g/mol. The first-order valence-corrected chi connectivity index (χ1v) is 7.69. The molecule has 1 fully saturated rings. The van der Waals surface area contributed by atoms with Gasteiger partial charge in [-0.15, -0.1) is 0 Å². The summed E-state index contributed by atoms with van der Waals surface area (Å²) in [6, 6.07) is 10.5. The van der Waals surface area contributed by atoms with Gasteiger partial charge in [0.15, 0.2) is 0 Å². The minimum absolute atomic E-state index is 0.0835. The van der Waals surface area contributed by atoms with Gasteiger partial charge in [-0.1, -0.05) is 44.2 Å². The molecule has 0 aromatic heterocycles. The first-order chi connectivity index (χ1) is 9.65. The van der Waals surface area contributed by atoms with Crippen LogP contribution in [0.3, 0.4) is 0 Å².